The van der Waals surface area contributed by atoms with Gasteiger partial charge in [-0.2, -0.15) is 9.97 Å². The van der Waals surface area contributed by atoms with Gasteiger partial charge in [-0.1, -0.05) is 0 Å². The number of nitrogens with one attached hydrogen (secondary N) is 1. The molecule has 10 nitrogen and oxygen atoms in total. The largest absolute Gasteiger partial charge is 0.461 e. The lowest BCUT2D eigenvalue weighted by atomic mass is 9.99. The molecule has 11 heteroatoms. The fourth-order valence-corrected chi connectivity index (χ4v) is 4.58. The van der Waals surface area contributed by atoms with E-state index in [1.807, 2.05) is 24.0 Å². The summed E-state index contributed by atoms with van der Waals surface area (Å²) in [5.41, 5.74) is 0.778. The Balaban J connectivity index is 1.29. The summed E-state index contributed by atoms with van der Waals surface area (Å²) in [6, 6.07) is 4.38. The maximum absolute atomic E-state index is 14.5. The first-order valence-electron chi connectivity index (χ1n) is 11.1. The van der Waals surface area contributed by atoms with Crippen LogP contribution in [0.1, 0.15) is 26.0 Å². The summed E-state index contributed by atoms with van der Waals surface area (Å²) in [7, 11) is 0. The van der Waals surface area contributed by atoms with Crippen molar-refractivity contribution in [3.05, 3.63) is 30.2 Å². The second-order valence-electron chi connectivity index (χ2n) is 8.90. The van der Waals surface area contributed by atoms with Gasteiger partial charge >= 0.3 is 12.1 Å². The zero-order valence-corrected chi connectivity index (χ0v) is 18.7. The van der Waals surface area contributed by atoms with E-state index in [0.29, 0.717) is 31.1 Å². The summed E-state index contributed by atoms with van der Waals surface area (Å²) in [5.74, 6) is 1.20. The Morgan fingerprint density at radius 3 is 3.00 bits per heavy atom. The molecule has 2 aromatic rings. The number of halogens is 1. The van der Waals surface area contributed by atoms with Crippen LogP contribution in [0, 0.1) is 0 Å². The first kappa shape index (κ1) is 21.6. The van der Waals surface area contributed by atoms with Crippen molar-refractivity contribution in [3.63, 3.8) is 0 Å². The van der Waals surface area contributed by atoms with Crippen LogP contribution in [0.25, 0.3) is 0 Å². The lowest BCUT2D eigenvalue weighted by Crippen LogP contribution is -2.46. The average Bonchev–Trinajstić information content (AvgIpc) is 3.12. The van der Waals surface area contributed by atoms with Crippen LogP contribution in [0.2, 0.25) is 0 Å². The van der Waals surface area contributed by atoms with Gasteiger partial charge in [0.05, 0.1) is 56.0 Å². The van der Waals surface area contributed by atoms with Crippen molar-refractivity contribution in [1.82, 2.24) is 20.3 Å². The molecule has 3 aliphatic rings. The molecule has 0 unspecified atom stereocenters. The molecule has 0 aromatic carbocycles. The predicted molar refractivity (Wildman–Crippen MR) is 118 cm³/mol. The Bertz CT molecular complexity index is 1020. The highest BCUT2D eigenvalue weighted by molar-refractivity contribution is 5.72. The molecular formula is C22H27FN6O4. The van der Waals surface area contributed by atoms with E-state index in [-0.39, 0.29) is 31.7 Å². The number of carbonyl (C=O) groups excluding carboxylic acids is 1. The molecular weight excluding hydrogens is 431 g/mol. The number of carbonyl (C=O) groups is 1. The minimum absolute atomic E-state index is 0.159. The molecule has 2 fully saturated rings. The molecule has 1 N–H and O–H groups in total. The second-order valence-corrected chi connectivity index (χ2v) is 8.90. The molecule has 0 saturated carbocycles. The van der Waals surface area contributed by atoms with E-state index in [0.717, 1.165) is 18.1 Å². The fourth-order valence-electron chi connectivity index (χ4n) is 4.58. The quantitative estimate of drug-likeness (QED) is 0.721. The number of anilines is 2. The summed E-state index contributed by atoms with van der Waals surface area (Å²) in [6.07, 6.45) is 2.01. The molecule has 0 radical (unpaired) electrons. The minimum Gasteiger partial charge on any atom is -0.461 e. The van der Waals surface area contributed by atoms with Crippen LogP contribution in [-0.2, 0) is 11.3 Å². The number of ether oxygens (including phenoxy) is 3. The molecule has 0 aliphatic carbocycles. The predicted octanol–water partition coefficient (Wildman–Crippen LogP) is 2.08. The number of hydrogen-bond acceptors (Lipinski definition) is 9. The standard InChI is InChI=1S/C22H27FN6O4/c1-14-12-31-6-5-28(14)19-4-3-16(8-24-19)29-11-15(23)7-22(29,2)13-32-20-25-10-18-17(27-20)9-26-21(30)33-18/h3-4,8,10,14-15H,5-7,9,11-13H2,1-2H3,(H,26,30)/t14-,15-,22+/m1/s1. The Morgan fingerprint density at radius 2 is 2.21 bits per heavy atom. The fraction of sp³-hybridized carbons (Fsp3) is 0.545. The van der Waals surface area contributed by atoms with Crippen LogP contribution in [0.15, 0.2) is 24.5 Å². The van der Waals surface area contributed by atoms with E-state index in [1.54, 1.807) is 6.20 Å². The third-order valence-corrected chi connectivity index (χ3v) is 6.32. The monoisotopic (exact) mass is 458 g/mol. The van der Waals surface area contributed by atoms with E-state index in [1.165, 1.54) is 6.20 Å². The molecule has 33 heavy (non-hydrogen) atoms. The normalized spacial score (nSPS) is 27.1. The SMILES string of the molecule is C[C@@H]1COCCN1c1ccc(N2C[C@H](F)C[C@@]2(C)COc2ncc3c(n2)CNC(=O)O3)cn1. The van der Waals surface area contributed by atoms with Crippen molar-refractivity contribution in [2.24, 2.45) is 0 Å². The molecule has 3 aliphatic heterocycles. The highest BCUT2D eigenvalue weighted by Crippen LogP contribution is 2.36. The van der Waals surface area contributed by atoms with Crippen LogP contribution in [0.5, 0.6) is 11.8 Å². The van der Waals surface area contributed by atoms with Gasteiger partial charge in [0.1, 0.15) is 24.3 Å². The number of amides is 1. The molecule has 0 spiro atoms. The lowest BCUT2D eigenvalue weighted by Gasteiger charge is -2.37. The van der Waals surface area contributed by atoms with Crippen molar-refractivity contribution in [3.8, 4) is 11.8 Å². The summed E-state index contributed by atoms with van der Waals surface area (Å²) in [6.45, 7) is 6.93. The third kappa shape index (κ3) is 4.37. The van der Waals surface area contributed by atoms with Gasteiger partial charge in [0.2, 0.25) is 0 Å². The lowest BCUT2D eigenvalue weighted by molar-refractivity contribution is 0.0985. The summed E-state index contributed by atoms with van der Waals surface area (Å²) in [4.78, 5) is 28.6. The van der Waals surface area contributed by atoms with Gasteiger partial charge in [-0.15, -0.1) is 0 Å². The van der Waals surface area contributed by atoms with Crippen LogP contribution >= 0.6 is 0 Å². The van der Waals surface area contributed by atoms with Crippen LogP contribution in [0.3, 0.4) is 0 Å². The van der Waals surface area contributed by atoms with Crippen LogP contribution in [-0.4, -0.2) is 71.7 Å². The van der Waals surface area contributed by atoms with Gasteiger partial charge in [0, 0.05) is 13.0 Å². The molecule has 5 rings (SSSR count). The number of rotatable bonds is 5. The maximum atomic E-state index is 14.5. The number of pyridine rings is 1. The first-order chi connectivity index (χ1) is 15.9. The molecule has 2 saturated heterocycles. The van der Waals surface area contributed by atoms with Gasteiger partial charge in [-0.25, -0.2) is 14.2 Å². The second kappa shape index (κ2) is 8.62. The zero-order valence-electron chi connectivity index (χ0n) is 18.7. The van der Waals surface area contributed by atoms with Crippen molar-refractivity contribution in [2.75, 3.05) is 42.7 Å². The van der Waals surface area contributed by atoms with Crippen LogP contribution in [0.4, 0.5) is 20.7 Å². The van der Waals surface area contributed by atoms with Gasteiger partial charge in [-0.05, 0) is 26.0 Å². The number of fused-ring (bicyclic) bond motifs is 1. The van der Waals surface area contributed by atoms with Gasteiger partial charge in [0.25, 0.3) is 0 Å². The average molecular weight is 458 g/mol. The van der Waals surface area contributed by atoms with Gasteiger partial charge < -0.3 is 29.3 Å². The van der Waals surface area contributed by atoms with E-state index < -0.39 is 17.8 Å². The van der Waals surface area contributed by atoms with E-state index in [9.17, 15) is 9.18 Å². The molecule has 2 aromatic heterocycles. The first-order valence-corrected chi connectivity index (χ1v) is 11.1. The maximum Gasteiger partial charge on any atom is 0.413 e. The van der Waals surface area contributed by atoms with E-state index >= 15 is 0 Å². The summed E-state index contributed by atoms with van der Waals surface area (Å²) < 4.78 is 30.9. The van der Waals surface area contributed by atoms with Crippen molar-refractivity contribution < 1.29 is 23.4 Å². The topological polar surface area (TPSA) is 102 Å². The highest BCUT2D eigenvalue weighted by Gasteiger charge is 2.43. The van der Waals surface area contributed by atoms with Crippen molar-refractivity contribution in [1.29, 1.82) is 0 Å². The third-order valence-electron chi connectivity index (χ3n) is 6.32. The highest BCUT2D eigenvalue weighted by atomic mass is 19.1. The number of hydrogen-bond donors (Lipinski definition) is 1. The number of nitrogens with zero attached hydrogens (tertiary/aromatic N) is 5. The molecule has 1 amide bonds. The summed E-state index contributed by atoms with van der Waals surface area (Å²) in [5, 5.41) is 2.55. The Morgan fingerprint density at radius 1 is 1.33 bits per heavy atom. The zero-order chi connectivity index (χ0) is 23.0. The number of alkyl halides is 1. The Labute approximate surface area is 191 Å². The number of aromatic nitrogens is 3. The summed E-state index contributed by atoms with van der Waals surface area (Å²) >= 11 is 0. The van der Waals surface area contributed by atoms with E-state index in [2.05, 4.69) is 32.1 Å². The number of morpholine rings is 1. The van der Waals surface area contributed by atoms with E-state index in [4.69, 9.17) is 14.2 Å². The molecule has 3 atom stereocenters. The molecule has 176 valence electrons. The van der Waals surface area contributed by atoms with Crippen molar-refractivity contribution in [2.45, 2.75) is 44.6 Å². The van der Waals surface area contributed by atoms with Gasteiger partial charge in [0.15, 0.2) is 5.75 Å². The Kier molecular flexibility index (Phi) is 5.65. The smallest absolute Gasteiger partial charge is 0.413 e. The van der Waals surface area contributed by atoms with Crippen molar-refractivity contribution >= 4 is 17.6 Å². The Hall–Kier alpha value is -3.21. The van der Waals surface area contributed by atoms with Gasteiger partial charge in [-0.3, -0.25) is 0 Å². The molecule has 0 bridgehead atoms. The molecule has 5 heterocycles. The van der Waals surface area contributed by atoms with Crippen LogP contribution < -0.4 is 24.6 Å². The minimum atomic E-state index is -0.981.